The maximum Gasteiger partial charge on any atom is 0 e. The van der Waals surface area contributed by atoms with Gasteiger partial charge >= 0.3 is 0 Å². The van der Waals surface area contributed by atoms with Crippen LogP contribution in [0, 0.1) is 12.3 Å². The second-order valence-corrected chi connectivity index (χ2v) is 4.72. The monoisotopic (exact) mass is 608 g/mol. The Labute approximate surface area is 151 Å². The van der Waals surface area contributed by atoms with E-state index in [1.165, 1.54) is 11.1 Å². The minimum atomic E-state index is 0. The molecule has 0 saturated carbocycles. The van der Waals surface area contributed by atoms with Crippen LogP contribution in [0.5, 0.6) is 0 Å². The van der Waals surface area contributed by atoms with Gasteiger partial charge in [0.2, 0.25) is 0 Å². The average molecular weight is 608 g/mol. The summed E-state index contributed by atoms with van der Waals surface area (Å²) in [4.78, 5) is 7.68. The van der Waals surface area contributed by atoms with Gasteiger partial charge in [-0.3, -0.25) is 0 Å². The molecule has 0 radical (unpaired) electrons. The Morgan fingerprint density at radius 2 is 1.65 bits per heavy atom. The maximum atomic E-state index is 3.87. The van der Waals surface area contributed by atoms with E-state index in [1.807, 2.05) is 18.2 Å². The van der Waals surface area contributed by atoms with Crippen molar-refractivity contribution < 1.29 is 42.1 Å². The second-order valence-electron chi connectivity index (χ2n) is 4.72. The molecule has 108 valence electrons. The molecule has 0 N–H and O–H groups in total. The summed E-state index contributed by atoms with van der Waals surface area (Å²) < 4.78 is 0. The Balaban J connectivity index is 0. The Morgan fingerprint density at radius 3 is 1.95 bits per heavy atom. The molecule has 2 aromatic rings. The summed E-state index contributed by atoms with van der Waals surface area (Å²) >= 11 is 0. The van der Waals surface area contributed by atoms with Gasteiger partial charge in [-0.2, -0.15) is 23.8 Å². The van der Waals surface area contributed by atoms with Crippen molar-refractivity contribution in [3.05, 3.63) is 60.2 Å². The molecular formula is C16H20N2W2-2. The third-order valence-corrected chi connectivity index (χ3v) is 2.58. The van der Waals surface area contributed by atoms with Crippen molar-refractivity contribution in [3.63, 3.8) is 0 Å². The Kier molecular flexibility index (Phi) is 13.6. The normalized spacial score (nSPS) is 9.10. The molecule has 0 aliphatic rings. The van der Waals surface area contributed by atoms with Crippen LogP contribution in [0.15, 0.2) is 36.8 Å². The molecule has 0 spiro atoms. The standard InChI is InChI=1S/2C8H10N.2W/c2*1-7(2)8-3-5-9-6-4-8;;/h3,5-7H,1-2H3;3-5,7H,1-2H3;;/q2*-1;;. The smallest absolute Gasteiger partial charge is 0 e. The summed E-state index contributed by atoms with van der Waals surface area (Å²) in [5, 5.41) is 0. The van der Waals surface area contributed by atoms with Gasteiger partial charge in [-0.15, -0.1) is 0 Å². The first-order chi connectivity index (χ1) is 8.61. The summed E-state index contributed by atoms with van der Waals surface area (Å²) in [6.45, 7) is 8.60. The summed E-state index contributed by atoms with van der Waals surface area (Å²) in [7, 11) is 0. The van der Waals surface area contributed by atoms with Gasteiger partial charge in [0.15, 0.2) is 0 Å². The third-order valence-electron chi connectivity index (χ3n) is 2.58. The molecule has 0 atom stereocenters. The van der Waals surface area contributed by atoms with Crippen LogP contribution in [0.3, 0.4) is 0 Å². The number of hydrogen-bond acceptors (Lipinski definition) is 2. The van der Waals surface area contributed by atoms with Gasteiger partial charge in [-0.25, -0.2) is 11.6 Å². The van der Waals surface area contributed by atoms with Crippen LogP contribution in [-0.2, 0) is 42.1 Å². The van der Waals surface area contributed by atoms with Gasteiger partial charge in [0.25, 0.3) is 0 Å². The van der Waals surface area contributed by atoms with Crippen molar-refractivity contribution in [3.8, 4) is 0 Å². The van der Waals surface area contributed by atoms with E-state index < -0.39 is 0 Å². The van der Waals surface area contributed by atoms with E-state index in [0.717, 1.165) is 0 Å². The molecule has 2 aromatic heterocycles. The summed E-state index contributed by atoms with van der Waals surface area (Å²) in [6, 6.07) is 8.98. The van der Waals surface area contributed by atoms with Crippen molar-refractivity contribution >= 4 is 0 Å². The van der Waals surface area contributed by atoms with Crippen LogP contribution in [0.25, 0.3) is 0 Å². The fourth-order valence-electron chi connectivity index (χ4n) is 1.37. The zero-order chi connectivity index (χ0) is 13.4. The van der Waals surface area contributed by atoms with E-state index in [4.69, 9.17) is 0 Å². The van der Waals surface area contributed by atoms with E-state index in [0.29, 0.717) is 11.8 Å². The molecule has 0 saturated heterocycles. The number of aromatic nitrogens is 2. The number of rotatable bonds is 2. The number of nitrogens with zero attached hydrogens (tertiary/aromatic N) is 2. The fourth-order valence-corrected chi connectivity index (χ4v) is 1.37. The molecule has 0 aromatic carbocycles. The van der Waals surface area contributed by atoms with Crippen molar-refractivity contribution in [2.75, 3.05) is 0 Å². The quantitative estimate of drug-likeness (QED) is 0.483. The van der Waals surface area contributed by atoms with Gasteiger partial charge in [0, 0.05) is 42.1 Å². The van der Waals surface area contributed by atoms with Crippen molar-refractivity contribution in [1.29, 1.82) is 0 Å². The summed E-state index contributed by atoms with van der Waals surface area (Å²) in [5.74, 6) is 1.15. The van der Waals surface area contributed by atoms with E-state index in [-0.39, 0.29) is 42.1 Å². The molecule has 0 fully saturated rings. The van der Waals surface area contributed by atoms with Gasteiger partial charge in [0.05, 0.1) is 0 Å². The van der Waals surface area contributed by atoms with Crippen LogP contribution in [0.2, 0.25) is 0 Å². The van der Waals surface area contributed by atoms with E-state index in [9.17, 15) is 0 Å². The Hall–Kier alpha value is -0.323. The molecule has 4 heteroatoms. The van der Waals surface area contributed by atoms with Crippen LogP contribution in [0.4, 0.5) is 0 Å². The molecule has 0 aliphatic carbocycles. The SMILES string of the molecule is CC(C)c1[c-]cncc1.CC(C)c1c[c-]ncc1.[W].[W]. The molecule has 0 unspecified atom stereocenters. The predicted molar refractivity (Wildman–Crippen MR) is 74.3 cm³/mol. The molecule has 2 nitrogen and oxygen atoms in total. The summed E-state index contributed by atoms with van der Waals surface area (Å²) in [6.07, 6.45) is 8.07. The fraction of sp³-hybridized carbons (Fsp3) is 0.375. The van der Waals surface area contributed by atoms with Crippen molar-refractivity contribution in [2.24, 2.45) is 0 Å². The first kappa shape index (κ1) is 22.0. The van der Waals surface area contributed by atoms with Crippen LogP contribution in [0.1, 0.15) is 50.7 Å². The van der Waals surface area contributed by atoms with Gasteiger partial charge in [-0.05, 0) is 0 Å². The largest absolute Gasteiger partial charge is 0.394 e. The first-order valence-corrected chi connectivity index (χ1v) is 6.24. The summed E-state index contributed by atoms with van der Waals surface area (Å²) in [5.41, 5.74) is 2.52. The van der Waals surface area contributed by atoms with E-state index in [1.54, 1.807) is 18.6 Å². The molecule has 20 heavy (non-hydrogen) atoms. The number of pyridine rings is 2. The van der Waals surface area contributed by atoms with Gasteiger partial charge < -0.3 is 9.97 Å². The zero-order valence-corrected chi connectivity index (χ0v) is 18.2. The Bertz CT molecular complexity index is 387. The predicted octanol–water partition coefficient (Wildman–Crippen LogP) is 4.01. The zero-order valence-electron chi connectivity index (χ0n) is 12.3. The minimum absolute atomic E-state index is 0. The Morgan fingerprint density at radius 1 is 0.950 bits per heavy atom. The van der Waals surface area contributed by atoms with E-state index >= 15 is 0 Å². The maximum absolute atomic E-state index is 3.87. The molecule has 0 amide bonds. The molecule has 0 aliphatic heterocycles. The molecular weight excluding hydrogens is 588 g/mol. The van der Waals surface area contributed by atoms with Crippen molar-refractivity contribution in [1.82, 2.24) is 9.97 Å². The third kappa shape index (κ3) is 8.77. The topological polar surface area (TPSA) is 25.8 Å². The first-order valence-electron chi connectivity index (χ1n) is 6.24. The minimum Gasteiger partial charge on any atom is -0.394 e. The average Bonchev–Trinajstić information content (AvgIpc) is 2.41. The van der Waals surface area contributed by atoms with Crippen LogP contribution >= 0.6 is 0 Å². The van der Waals surface area contributed by atoms with Crippen LogP contribution in [-0.4, -0.2) is 9.97 Å². The van der Waals surface area contributed by atoms with Gasteiger partial charge in [-0.1, -0.05) is 64.3 Å². The molecule has 0 bridgehead atoms. The van der Waals surface area contributed by atoms with Gasteiger partial charge in [0.1, 0.15) is 0 Å². The second kappa shape index (κ2) is 12.4. The van der Waals surface area contributed by atoms with E-state index in [2.05, 4.69) is 49.9 Å². The molecule has 2 rings (SSSR count). The number of hydrogen-bond donors (Lipinski definition) is 0. The van der Waals surface area contributed by atoms with Crippen molar-refractivity contribution in [2.45, 2.75) is 39.5 Å². The van der Waals surface area contributed by atoms with Crippen LogP contribution < -0.4 is 0 Å². The molecule has 2 heterocycles.